The number of hydrogen-bond acceptors (Lipinski definition) is 5. The maximum Gasteiger partial charge on any atom is 0.161 e. The van der Waals surface area contributed by atoms with Gasteiger partial charge in [0.05, 0.1) is 18.9 Å². The van der Waals surface area contributed by atoms with Gasteiger partial charge in [0.2, 0.25) is 0 Å². The van der Waals surface area contributed by atoms with Crippen LogP contribution in [-0.4, -0.2) is 31.2 Å². The lowest BCUT2D eigenvalue weighted by Crippen LogP contribution is -2.02. The Kier molecular flexibility index (Phi) is 5.03. The fourth-order valence-corrected chi connectivity index (χ4v) is 1.89. The largest absolute Gasteiger partial charge is 0.380 e. The standard InChI is InChI=1S/C15H19N3O2/c1-16-14-8-13(10-20-3)17-15(18-14)12-6-4-11(5-7-12)9-19-2/h4-8H,9-10H2,1-3H3,(H,16,17,18). The van der Waals surface area contributed by atoms with Crippen molar-refractivity contribution in [3.8, 4) is 11.4 Å². The maximum atomic E-state index is 5.13. The van der Waals surface area contributed by atoms with E-state index in [0.717, 1.165) is 22.6 Å². The normalized spacial score (nSPS) is 10.6. The number of hydrogen-bond donors (Lipinski definition) is 1. The van der Waals surface area contributed by atoms with Crippen LogP contribution in [0.5, 0.6) is 0 Å². The number of nitrogens with zero attached hydrogens (tertiary/aromatic N) is 2. The van der Waals surface area contributed by atoms with Crippen LogP contribution in [0, 0.1) is 0 Å². The highest BCUT2D eigenvalue weighted by Crippen LogP contribution is 2.19. The minimum atomic E-state index is 0.464. The first kappa shape index (κ1) is 14.4. The Morgan fingerprint density at radius 3 is 2.30 bits per heavy atom. The molecule has 20 heavy (non-hydrogen) atoms. The second kappa shape index (κ2) is 6.98. The highest BCUT2D eigenvalue weighted by atomic mass is 16.5. The summed E-state index contributed by atoms with van der Waals surface area (Å²) < 4.78 is 10.2. The molecule has 5 nitrogen and oxygen atoms in total. The molecule has 0 aliphatic heterocycles. The van der Waals surface area contributed by atoms with Crippen molar-refractivity contribution in [3.63, 3.8) is 0 Å². The number of aromatic nitrogens is 2. The number of rotatable bonds is 6. The predicted molar refractivity (Wildman–Crippen MR) is 78.4 cm³/mol. The first-order valence-corrected chi connectivity index (χ1v) is 6.39. The van der Waals surface area contributed by atoms with Gasteiger partial charge in [-0.05, 0) is 5.56 Å². The molecule has 0 atom stereocenters. The maximum absolute atomic E-state index is 5.13. The molecular weight excluding hydrogens is 254 g/mol. The second-order valence-corrected chi connectivity index (χ2v) is 4.38. The quantitative estimate of drug-likeness (QED) is 0.876. The summed E-state index contributed by atoms with van der Waals surface area (Å²) in [5.74, 6) is 1.47. The van der Waals surface area contributed by atoms with E-state index in [4.69, 9.17) is 9.47 Å². The molecule has 0 unspecified atom stereocenters. The third-order valence-corrected chi connectivity index (χ3v) is 2.85. The summed E-state index contributed by atoms with van der Waals surface area (Å²) in [7, 11) is 5.18. The number of methoxy groups -OCH3 is 2. The van der Waals surface area contributed by atoms with E-state index in [9.17, 15) is 0 Å². The monoisotopic (exact) mass is 273 g/mol. The Hall–Kier alpha value is -1.98. The van der Waals surface area contributed by atoms with Crippen LogP contribution in [0.4, 0.5) is 5.82 Å². The van der Waals surface area contributed by atoms with Gasteiger partial charge in [-0.3, -0.25) is 0 Å². The molecule has 1 heterocycles. The van der Waals surface area contributed by atoms with E-state index in [2.05, 4.69) is 15.3 Å². The number of ether oxygens (including phenoxy) is 2. The Labute approximate surface area is 119 Å². The zero-order valence-electron chi connectivity index (χ0n) is 12.0. The van der Waals surface area contributed by atoms with Gasteiger partial charge in [0, 0.05) is 32.9 Å². The zero-order valence-corrected chi connectivity index (χ0v) is 12.0. The van der Waals surface area contributed by atoms with Gasteiger partial charge in [0.1, 0.15) is 5.82 Å². The molecule has 106 valence electrons. The van der Waals surface area contributed by atoms with Crippen LogP contribution in [-0.2, 0) is 22.7 Å². The molecule has 0 saturated carbocycles. The molecule has 0 saturated heterocycles. The lowest BCUT2D eigenvalue weighted by Gasteiger charge is -2.08. The van der Waals surface area contributed by atoms with Crippen molar-refractivity contribution in [2.75, 3.05) is 26.6 Å². The molecule has 1 aromatic carbocycles. The minimum absolute atomic E-state index is 0.464. The van der Waals surface area contributed by atoms with E-state index in [1.165, 1.54) is 0 Å². The smallest absolute Gasteiger partial charge is 0.161 e. The van der Waals surface area contributed by atoms with Crippen molar-refractivity contribution in [1.29, 1.82) is 0 Å². The van der Waals surface area contributed by atoms with Gasteiger partial charge < -0.3 is 14.8 Å². The van der Waals surface area contributed by atoms with Gasteiger partial charge in [0.15, 0.2) is 5.82 Å². The Morgan fingerprint density at radius 1 is 1.00 bits per heavy atom. The molecule has 2 aromatic rings. The summed E-state index contributed by atoms with van der Waals surface area (Å²) in [5, 5.41) is 3.04. The molecule has 0 spiro atoms. The summed E-state index contributed by atoms with van der Waals surface area (Å²) in [5.41, 5.74) is 2.94. The molecule has 0 fully saturated rings. The molecular formula is C15H19N3O2. The first-order valence-electron chi connectivity index (χ1n) is 6.39. The molecule has 0 radical (unpaired) electrons. The molecule has 0 bridgehead atoms. The Bertz CT molecular complexity index is 556. The number of nitrogens with one attached hydrogen (secondary N) is 1. The molecule has 0 aliphatic rings. The average Bonchev–Trinajstić information content (AvgIpc) is 2.48. The van der Waals surface area contributed by atoms with Crippen LogP contribution < -0.4 is 5.32 Å². The van der Waals surface area contributed by atoms with Crippen LogP contribution in [0.2, 0.25) is 0 Å². The highest BCUT2D eigenvalue weighted by Gasteiger charge is 2.06. The average molecular weight is 273 g/mol. The summed E-state index contributed by atoms with van der Waals surface area (Å²) in [6, 6.07) is 9.92. The van der Waals surface area contributed by atoms with Crippen molar-refractivity contribution in [2.24, 2.45) is 0 Å². The third-order valence-electron chi connectivity index (χ3n) is 2.85. The van der Waals surface area contributed by atoms with Gasteiger partial charge in [-0.25, -0.2) is 9.97 Å². The van der Waals surface area contributed by atoms with E-state index in [-0.39, 0.29) is 0 Å². The van der Waals surface area contributed by atoms with Crippen molar-refractivity contribution in [3.05, 3.63) is 41.6 Å². The molecule has 1 N–H and O–H groups in total. The Morgan fingerprint density at radius 2 is 1.70 bits per heavy atom. The molecule has 5 heteroatoms. The summed E-state index contributed by atoms with van der Waals surface area (Å²) >= 11 is 0. The van der Waals surface area contributed by atoms with Crippen LogP contribution in [0.15, 0.2) is 30.3 Å². The lowest BCUT2D eigenvalue weighted by atomic mass is 10.1. The number of benzene rings is 1. The zero-order chi connectivity index (χ0) is 14.4. The van der Waals surface area contributed by atoms with Gasteiger partial charge in [0.25, 0.3) is 0 Å². The third kappa shape index (κ3) is 3.53. The van der Waals surface area contributed by atoms with Crippen molar-refractivity contribution < 1.29 is 9.47 Å². The molecule has 2 rings (SSSR count). The molecule has 0 aliphatic carbocycles. The van der Waals surface area contributed by atoms with Crippen LogP contribution in [0.3, 0.4) is 0 Å². The van der Waals surface area contributed by atoms with Gasteiger partial charge in [-0.1, -0.05) is 24.3 Å². The fraction of sp³-hybridized carbons (Fsp3) is 0.333. The summed E-state index contributed by atoms with van der Waals surface area (Å²) in [6.45, 7) is 1.07. The molecule has 0 amide bonds. The van der Waals surface area contributed by atoms with E-state index in [1.807, 2.05) is 37.4 Å². The molecule has 1 aromatic heterocycles. The van der Waals surface area contributed by atoms with E-state index in [0.29, 0.717) is 19.0 Å². The first-order chi connectivity index (χ1) is 9.76. The second-order valence-electron chi connectivity index (χ2n) is 4.38. The van der Waals surface area contributed by atoms with Gasteiger partial charge in [-0.2, -0.15) is 0 Å². The lowest BCUT2D eigenvalue weighted by molar-refractivity contribution is 0.181. The summed E-state index contributed by atoms with van der Waals surface area (Å²) in [6.07, 6.45) is 0. The number of anilines is 1. The minimum Gasteiger partial charge on any atom is -0.380 e. The van der Waals surface area contributed by atoms with Crippen LogP contribution in [0.25, 0.3) is 11.4 Å². The fourth-order valence-electron chi connectivity index (χ4n) is 1.89. The van der Waals surface area contributed by atoms with Crippen LogP contribution in [0.1, 0.15) is 11.3 Å². The topological polar surface area (TPSA) is 56.3 Å². The van der Waals surface area contributed by atoms with Crippen molar-refractivity contribution >= 4 is 5.82 Å². The van der Waals surface area contributed by atoms with Gasteiger partial charge >= 0.3 is 0 Å². The highest BCUT2D eigenvalue weighted by molar-refractivity contribution is 5.58. The Balaban J connectivity index is 2.32. The van der Waals surface area contributed by atoms with Gasteiger partial charge in [-0.15, -0.1) is 0 Å². The van der Waals surface area contributed by atoms with E-state index < -0.39 is 0 Å². The van der Waals surface area contributed by atoms with Crippen molar-refractivity contribution in [2.45, 2.75) is 13.2 Å². The predicted octanol–water partition coefficient (Wildman–Crippen LogP) is 2.48. The van der Waals surface area contributed by atoms with E-state index in [1.54, 1.807) is 14.2 Å². The van der Waals surface area contributed by atoms with Crippen LogP contribution >= 0.6 is 0 Å². The summed E-state index contributed by atoms with van der Waals surface area (Å²) in [4.78, 5) is 8.98. The van der Waals surface area contributed by atoms with Crippen molar-refractivity contribution in [1.82, 2.24) is 9.97 Å². The SMILES string of the molecule is CNc1cc(COC)nc(-c2ccc(COC)cc2)n1. The van der Waals surface area contributed by atoms with E-state index >= 15 is 0 Å².